The number of hydrogen-bond acceptors (Lipinski definition) is 7. The van der Waals surface area contributed by atoms with Crippen LogP contribution in [0.4, 0.5) is 5.13 Å². The van der Waals surface area contributed by atoms with E-state index in [9.17, 15) is 21.6 Å². The third kappa shape index (κ3) is 4.68. The summed E-state index contributed by atoms with van der Waals surface area (Å²) in [5.41, 5.74) is 1.37. The van der Waals surface area contributed by atoms with Crippen molar-refractivity contribution in [2.24, 2.45) is 0 Å². The van der Waals surface area contributed by atoms with Crippen molar-refractivity contribution in [1.29, 1.82) is 0 Å². The van der Waals surface area contributed by atoms with E-state index in [0.717, 1.165) is 31.4 Å². The molecule has 4 rings (SSSR count). The molecule has 1 aromatic heterocycles. The first-order valence-electron chi connectivity index (χ1n) is 9.35. The summed E-state index contributed by atoms with van der Waals surface area (Å²) in [4.78, 5) is 18.1. The van der Waals surface area contributed by atoms with Crippen LogP contribution in [0.1, 0.15) is 40.2 Å². The third-order valence-corrected chi connectivity index (χ3v) is 9.42. The number of rotatable bonds is 5. The molecule has 2 aliphatic rings. The Labute approximate surface area is 173 Å². The number of thiazole rings is 1. The van der Waals surface area contributed by atoms with Crippen molar-refractivity contribution in [1.82, 2.24) is 9.71 Å². The quantitative estimate of drug-likeness (QED) is 0.708. The lowest BCUT2D eigenvalue weighted by molar-refractivity contribution is 0.102. The molecule has 1 aliphatic heterocycles. The zero-order valence-corrected chi connectivity index (χ0v) is 18.0. The molecule has 0 saturated carbocycles. The van der Waals surface area contributed by atoms with Gasteiger partial charge in [0.25, 0.3) is 5.91 Å². The maximum Gasteiger partial charge on any atom is 0.257 e. The van der Waals surface area contributed by atoms with Crippen LogP contribution in [0, 0.1) is 0 Å². The van der Waals surface area contributed by atoms with Crippen molar-refractivity contribution >= 4 is 42.2 Å². The summed E-state index contributed by atoms with van der Waals surface area (Å²) in [6.45, 7) is 0. The normalized spacial score (nSPS) is 20.9. The van der Waals surface area contributed by atoms with Gasteiger partial charge in [0.2, 0.25) is 10.0 Å². The van der Waals surface area contributed by atoms with Gasteiger partial charge in [-0.1, -0.05) is 0 Å². The lowest BCUT2D eigenvalue weighted by Crippen LogP contribution is -2.35. The summed E-state index contributed by atoms with van der Waals surface area (Å²) in [5, 5.41) is 3.34. The van der Waals surface area contributed by atoms with Crippen LogP contribution in [-0.2, 0) is 32.7 Å². The van der Waals surface area contributed by atoms with Gasteiger partial charge in [0, 0.05) is 16.5 Å². The molecule has 1 saturated heterocycles. The summed E-state index contributed by atoms with van der Waals surface area (Å²) in [7, 11) is -7.04. The van der Waals surface area contributed by atoms with E-state index < -0.39 is 25.9 Å². The summed E-state index contributed by atoms with van der Waals surface area (Å²) in [6, 6.07) is 4.93. The van der Waals surface area contributed by atoms with Gasteiger partial charge in [-0.05, 0) is 56.4 Å². The number of aromatic nitrogens is 1. The molecule has 1 aliphatic carbocycles. The standard InChI is InChI=1S/C18H21N3O5S3/c22-17(20-18-19-15-3-1-2-4-16(15)27-18)12-5-7-14(8-6-12)29(25,26)21-13-9-10-28(23,24)11-13/h5-8,13,21H,1-4,9-11H2,(H,19,20,22). The van der Waals surface area contributed by atoms with Crippen LogP contribution in [0.2, 0.25) is 0 Å². The first kappa shape index (κ1) is 20.5. The summed E-state index contributed by atoms with van der Waals surface area (Å²) in [5.74, 6) is -0.556. The first-order chi connectivity index (χ1) is 13.7. The monoisotopic (exact) mass is 455 g/mol. The number of hydrogen-bond donors (Lipinski definition) is 2. The molecule has 8 nitrogen and oxygen atoms in total. The van der Waals surface area contributed by atoms with Crippen LogP contribution < -0.4 is 10.0 Å². The van der Waals surface area contributed by atoms with Crippen molar-refractivity contribution in [2.75, 3.05) is 16.8 Å². The molecule has 1 atom stereocenters. The second-order valence-electron chi connectivity index (χ2n) is 7.30. The number of nitrogens with one attached hydrogen (secondary N) is 2. The maximum absolute atomic E-state index is 12.5. The second-order valence-corrected chi connectivity index (χ2v) is 12.3. The molecule has 0 bridgehead atoms. The molecule has 2 heterocycles. The van der Waals surface area contributed by atoms with E-state index in [2.05, 4.69) is 15.0 Å². The van der Waals surface area contributed by atoms with Gasteiger partial charge in [-0.15, -0.1) is 11.3 Å². The Morgan fingerprint density at radius 1 is 1.14 bits per heavy atom. The highest BCUT2D eigenvalue weighted by Crippen LogP contribution is 2.29. The molecule has 2 aromatic rings. The molecule has 1 amide bonds. The van der Waals surface area contributed by atoms with Gasteiger partial charge in [0.15, 0.2) is 15.0 Å². The number of nitrogens with zero attached hydrogens (tertiary/aromatic N) is 1. The minimum Gasteiger partial charge on any atom is -0.298 e. The highest BCUT2D eigenvalue weighted by atomic mass is 32.2. The minimum atomic E-state index is -3.85. The first-order valence-corrected chi connectivity index (χ1v) is 13.5. The molecule has 29 heavy (non-hydrogen) atoms. The highest BCUT2D eigenvalue weighted by Gasteiger charge is 2.31. The van der Waals surface area contributed by atoms with E-state index in [1.165, 1.54) is 40.5 Å². The highest BCUT2D eigenvalue weighted by molar-refractivity contribution is 7.92. The number of carbonyl (C=O) groups excluding carboxylic acids is 1. The van der Waals surface area contributed by atoms with E-state index in [4.69, 9.17) is 0 Å². The summed E-state index contributed by atoms with van der Waals surface area (Å²) >= 11 is 1.49. The Hall–Kier alpha value is -1.82. The van der Waals surface area contributed by atoms with E-state index in [0.29, 0.717) is 10.7 Å². The Balaban J connectivity index is 1.43. The number of benzene rings is 1. The number of sulfonamides is 1. The lowest BCUT2D eigenvalue weighted by atomic mass is 10.0. The van der Waals surface area contributed by atoms with E-state index in [1.54, 1.807) is 0 Å². The van der Waals surface area contributed by atoms with Gasteiger partial charge in [-0.2, -0.15) is 0 Å². The van der Waals surface area contributed by atoms with Gasteiger partial charge in [0.1, 0.15) is 0 Å². The predicted molar refractivity (Wildman–Crippen MR) is 111 cm³/mol. The van der Waals surface area contributed by atoms with E-state index in [1.807, 2.05) is 0 Å². The van der Waals surface area contributed by atoms with Gasteiger partial charge in [-0.25, -0.2) is 26.5 Å². The number of amides is 1. The van der Waals surface area contributed by atoms with E-state index >= 15 is 0 Å². The fourth-order valence-corrected chi connectivity index (χ4v) is 7.63. The van der Waals surface area contributed by atoms with Gasteiger partial charge in [0.05, 0.1) is 22.1 Å². The molecule has 2 N–H and O–H groups in total. The number of sulfone groups is 1. The Bertz CT molecular complexity index is 1110. The average Bonchev–Trinajstić information content (AvgIpc) is 3.23. The van der Waals surface area contributed by atoms with Crippen molar-refractivity contribution in [2.45, 2.75) is 43.0 Å². The number of aryl methyl sites for hydroxylation is 2. The van der Waals surface area contributed by atoms with Crippen LogP contribution in [0.3, 0.4) is 0 Å². The topological polar surface area (TPSA) is 122 Å². The third-order valence-electron chi connectivity index (χ3n) is 5.05. The molecule has 156 valence electrons. The lowest BCUT2D eigenvalue weighted by Gasteiger charge is -2.12. The fraction of sp³-hybridized carbons (Fsp3) is 0.444. The molecular formula is C18H21N3O5S3. The molecule has 1 aromatic carbocycles. The summed E-state index contributed by atoms with van der Waals surface area (Å²) < 4.78 is 50.4. The SMILES string of the molecule is O=C(Nc1nc2c(s1)CCCC2)c1ccc(S(=O)(=O)NC2CCS(=O)(=O)C2)cc1. The fourth-order valence-electron chi connectivity index (χ4n) is 3.54. The van der Waals surface area contributed by atoms with Crippen LogP contribution in [0.25, 0.3) is 0 Å². The van der Waals surface area contributed by atoms with Crippen molar-refractivity contribution < 1.29 is 21.6 Å². The van der Waals surface area contributed by atoms with Crippen LogP contribution in [0.5, 0.6) is 0 Å². The Morgan fingerprint density at radius 3 is 2.52 bits per heavy atom. The van der Waals surface area contributed by atoms with Crippen LogP contribution in [0.15, 0.2) is 29.2 Å². The van der Waals surface area contributed by atoms with E-state index in [-0.39, 0.29) is 28.7 Å². The smallest absolute Gasteiger partial charge is 0.257 e. The molecule has 11 heteroatoms. The second kappa shape index (κ2) is 7.78. The Morgan fingerprint density at radius 2 is 1.86 bits per heavy atom. The largest absolute Gasteiger partial charge is 0.298 e. The molecule has 1 unspecified atom stereocenters. The molecular weight excluding hydrogens is 434 g/mol. The minimum absolute atomic E-state index is 0.0111. The zero-order valence-electron chi connectivity index (χ0n) is 15.5. The Kier molecular flexibility index (Phi) is 5.49. The molecule has 1 fully saturated rings. The number of fused-ring (bicyclic) bond motifs is 1. The van der Waals surface area contributed by atoms with Crippen molar-refractivity contribution in [3.05, 3.63) is 40.4 Å². The van der Waals surface area contributed by atoms with Crippen LogP contribution >= 0.6 is 11.3 Å². The van der Waals surface area contributed by atoms with Gasteiger partial charge >= 0.3 is 0 Å². The molecule has 0 radical (unpaired) electrons. The molecule has 0 spiro atoms. The number of anilines is 1. The maximum atomic E-state index is 12.5. The van der Waals surface area contributed by atoms with Crippen molar-refractivity contribution in [3.63, 3.8) is 0 Å². The zero-order chi connectivity index (χ0) is 20.6. The summed E-state index contributed by atoms with van der Waals surface area (Å²) in [6.07, 6.45) is 4.44. The van der Waals surface area contributed by atoms with Crippen LogP contribution in [-0.4, -0.2) is 45.3 Å². The number of carbonyl (C=O) groups is 1. The van der Waals surface area contributed by atoms with Gasteiger partial charge < -0.3 is 0 Å². The average molecular weight is 456 g/mol. The van der Waals surface area contributed by atoms with Gasteiger partial charge in [-0.3, -0.25) is 10.1 Å². The predicted octanol–water partition coefficient (Wildman–Crippen LogP) is 1.74. The van der Waals surface area contributed by atoms with Crippen molar-refractivity contribution in [3.8, 4) is 0 Å².